The fourth-order valence-electron chi connectivity index (χ4n) is 2.05. The van der Waals surface area contributed by atoms with Gasteiger partial charge in [-0.05, 0) is 35.0 Å². The number of rotatable bonds is 5. The molecule has 10 nitrogen and oxygen atoms in total. The molecule has 1 amide bonds. The number of pyridine rings is 1. The van der Waals surface area contributed by atoms with Crippen molar-refractivity contribution in [2.45, 2.75) is 6.54 Å². The van der Waals surface area contributed by atoms with E-state index in [0.29, 0.717) is 17.8 Å². The van der Waals surface area contributed by atoms with Gasteiger partial charge in [-0.1, -0.05) is 12.1 Å². The van der Waals surface area contributed by atoms with Crippen LogP contribution in [0.4, 0.5) is 0 Å². The van der Waals surface area contributed by atoms with Crippen LogP contribution in [-0.4, -0.2) is 47.4 Å². The molecule has 0 fully saturated rings. The monoisotopic (exact) mass is 340 g/mol. The summed E-state index contributed by atoms with van der Waals surface area (Å²) in [5.41, 5.74) is 3.19. The maximum atomic E-state index is 11.3. The van der Waals surface area contributed by atoms with Crippen LogP contribution in [0, 0.1) is 0 Å². The molecule has 0 radical (unpaired) electrons. The Morgan fingerprint density at radius 3 is 2.40 bits per heavy atom. The standard InChI is InChI=1S/C15H12N6O4/c22-14(19-25)10-3-1-9(2-4-10)8-21-18-13(17-20-21)12-6-5-11(7-16-12)15(23)24/h1-7,25H,8H2,(H,19,22)(H,23,24). The summed E-state index contributed by atoms with van der Waals surface area (Å²) in [6.07, 6.45) is 1.23. The molecule has 3 rings (SSSR count). The number of hydroxylamine groups is 1. The Morgan fingerprint density at radius 2 is 1.80 bits per heavy atom. The van der Waals surface area contributed by atoms with Crippen LogP contribution < -0.4 is 5.48 Å². The summed E-state index contributed by atoms with van der Waals surface area (Å²) < 4.78 is 0. The second kappa shape index (κ2) is 6.84. The lowest BCUT2D eigenvalue weighted by Crippen LogP contribution is -2.18. The average molecular weight is 340 g/mol. The van der Waals surface area contributed by atoms with Gasteiger partial charge in [-0.25, -0.2) is 10.3 Å². The van der Waals surface area contributed by atoms with Crippen molar-refractivity contribution in [3.05, 3.63) is 59.3 Å². The fourth-order valence-corrected chi connectivity index (χ4v) is 2.05. The molecule has 0 spiro atoms. The van der Waals surface area contributed by atoms with Gasteiger partial charge < -0.3 is 5.11 Å². The molecule has 3 aromatic rings. The largest absolute Gasteiger partial charge is 0.478 e. The summed E-state index contributed by atoms with van der Waals surface area (Å²) in [5, 5.41) is 29.4. The first kappa shape index (κ1) is 16.2. The first-order valence-corrected chi connectivity index (χ1v) is 7.07. The molecule has 0 saturated heterocycles. The van der Waals surface area contributed by atoms with E-state index in [9.17, 15) is 9.59 Å². The number of nitrogens with one attached hydrogen (secondary N) is 1. The van der Waals surface area contributed by atoms with E-state index in [4.69, 9.17) is 10.3 Å². The average Bonchev–Trinajstić information content (AvgIpc) is 3.10. The van der Waals surface area contributed by atoms with E-state index in [2.05, 4.69) is 20.4 Å². The summed E-state index contributed by atoms with van der Waals surface area (Å²) in [6.45, 7) is 0.321. The highest BCUT2D eigenvalue weighted by atomic mass is 16.5. The number of carbonyl (C=O) groups is 2. The van der Waals surface area contributed by atoms with Crippen molar-refractivity contribution in [2.24, 2.45) is 0 Å². The lowest BCUT2D eigenvalue weighted by Gasteiger charge is -2.02. The number of carboxylic acids is 1. The Balaban J connectivity index is 1.73. The second-order valence-corrected chi connectivity index (χ2v) is 5.02. The molecule has 2 aromatic heterocycles. The van der Waals surface area contributed by atoms with Gasteiger partial charge in [0.25, 0.3) is 5.91 Å². The first-order chi connectivity index (χ1) is 12.1. The normalized spacial score (nSPS) is 10.4. The van der Waals surface area contributed by atoms with Gasteiger partial charge in [0.15, 0.2) is 0 Å². The topological polar surface area (TPSA) is 143 Å². The number of nitrogens with zero attached hydrogens (tertiary/aromatic N) is 5. The van der Waals surface area contributed by atoms with E-state index in [-0.39, 0.29) is 11.4 Å². The van der Waals surface area contributed by atoms with Crippen LogP contribution in [0.25, 0.3) is 11.5 Å². The number of aromatic nitrogens is 5. The molecule has 0 saturated carbocycles. The number of carboxylic acid groups (broad SMARTS) is 1. The predicted molar refractivity (Wildman–Crippen MR) is 82.8 cm³/mol. The second-order valence-electron chi connectivity index (χ2n) is 5.02. The first-order valence-electron chi connectivity index (χ1n) is 7.07. The van der Waals surface area contributed by atoms with Gasteiger partial charge in [-0.2, -0.15) is 4.80 Å². The van der Waals surface area contributed by atoms with Gasteiger partial charge in [-0.3, -0.25) is 15.0 Å². The molecular formula is C15H12N6O4. The predicted octanol–water partition coefficient (Wildman–Crippen LogP) is 0.601. The van der Waals surface area contributed by atoms with Crippen LogP contribution in [0.2, 0.25) is 0 Å². The van der Waals surface area contributed by atoms with Gasteiger partial charge in [0.05, 0.1) is 12.1 Å². The molecule has 3 N–H and O–H groups in total. The van der Waals surface area contributed by atoms with Gasteiger partial charge in [-0.15, -0.1) is 10.2 Å². The van der Waals surface area contributed by atoms with Crippen LogP contribution in [-0.2, 0) is 6.54 Å². The number of tetrazole rings is 1. The molecule has 126 valence electrons. The summed E-state index contributed by atoms with van der Waals surface area (Å²) in [7, 11) is 0. The Kier molecular flexibility index (Phi) is 4.44. The highest BCUT2D eigenvalue weighted by molar-refractivity contribution is 5.93. The molecule has 10 heteroatoms. The Hall–Kier alpha value is -3.66. The third-order valence-corrected chi connectivity index (χ3v) is 3.33. The van der Waals surface area contributed by atoms with E-state index in [1.807, 2.05) is 0 Å². The summed E-state index contributed by atoms with van der Waals surface area (Å²) in [4.78, 5) is 27.4. The van der Waals surface area contributed by atoms with Crippen molar-refractivity contribution in [1.82, 2.24) is 30.7 Å². The molecule has 0 aliphatic rings. The minimum Gasteiger partial charge on any atom is -0.478 e. The van der Waals surface area contributed by atoms with Crippen LogP contribution in [0.15, 0.2) is 42.6 Å². The Bertz CT molecular complexity index is 905. The summed E-state index contributed by atoms with van der Waals surface area (Å²) in [6, 6.07) is 9.44. The molecule has 0 aliphatic heterocycles. The third kappa shape index (κ3) is 3.64. The quantitative estimate of drug-likeness (QED) is 0.452. The lowest BCUT2D eigenvalue weighted by atomic mass is 10.1. The van der Waals surface area contributed by atoms with Crippen LogP contribution in [0.1, 0.15) is 26.3 Å². The zero-order valence-corrected chi connectivity index (χ0v) is 12.7. The Labute approximate surface area is 140 Å². The van der Waals surface area contributed by atoms with E-state index in [0.717, 1.165) is 5.56 Å². The van der Waals surface area contributed by atoms with Gasteiger partial charge in [0.1, 0.15) is 5.69 Å². The lowest BCUT2D eigenvalue weighted by molar-refractivity contribution is 0.0693. The highest BCUT2D eigenvalue weighted by Gasteiger charge is 2.10. The summed E-state index contributed by atoms with van der Waals surface area (Å²) >= 11 is 0. The SMILES string of the molecule is O=C(O)c1ccc(-c2nnn(Cc3ccc(C(=O)NO)cc3)n2)nc1. The van der Waals surface area contributed by atoms with Crippen molar-refractivity contribution in [3.8, 4) is 11.5 Å². The maximum Gasteiger partial charge on any atom is 0.337 e. The number of hydrogen-bond donors (Lipinski definition) is 3. The van der Waals surface area contributed by atoms with Crippen LogP contribution in [0.3, 0.4) is 0 Å². The number of benzene rings is 1. The van der Waals surface area contributed by atoms with E-state index in [1.165, 1.54) is 23.1 Å². The fraction of sp³-hybridized carbons (Fsp3) is 0.0667. The minimum absolute atomic E-state index is 0.0724. The number of carbonyl (C=O) groups excluding carboxylic acids is 1. The minimum atomic E-state index is -1.06. The van der Waals surface area contributed by atoms with E-state index < -0.39 is 11.9 Å². The smallest absolute Gasteiger partial charge is 0.337 e. The molecule has 0 bridgehead atoms. The zero-order valence-electron chi connectivity index (χ0n) is 12.7. The number of amides is 1. The summed E-state index contributed by atoms with van der Waals surface area (Å²) in [5.74, 6) is -1.38. The van der Waals surface area contributed by atoms with Crippen LogP contribution >= 0.6 is 0 Å². The number of hydrogen-bond acceptors (Lipinski definition) is 7. The molecule has 0 aliphatic carbocycles. The van der Waals surface area contributed by atoms with E-state index >= 15 is 0 Å². The van der Waals surface area contributed by atoms with E-state index in [1.54, 1.807) is 29.7 Å². The van der Waals surface area contributed by atoms with Crippen molar-refractivity contribution < 1.29 is 19.9 Å². The third-order valence-electron chi connectivity index (χ3n) is 3.33. The van der Waals surface area contributed by atoms with Gasteiger partial charge in [0.2, 0.25) is 5.82 Å². The molecule has 0 unspecified atom stereocenters. The van der Waals surface area contributed by atoms with Crippen molar-refractivity contribution >= 4 is 11.9 Å². The molecular weight excluding hydrogens is 328 g/mol. The van der Waals surface area contributed by atoms with Gasteiger partial charge >= 0.3 is 5.97 Å². The zero-order chi connectivity index (χ0) is 17.8. The van der Waals surface area contributed by atoms with Crippen LogP contribution in [0.5, 0.6) is 0 Å². The van der Waals surface area contributed by atoms with Gasteiger partial charge in [0, 0.05) is 11.8 Å². The van der Waals surface area contributed by atoms with Crippen molar-refractivity contribution in [2.75, 3.05) is 0 Å². The molecule has 25 heavy (non-hydrogen) atoms. The molecule has 0 atom stereocenters. The van der Waals surface area contributed by atoms with Crippen molar-refractivity contribution in [3.63, 3.8) is 0 Å². The van der Waals surface area contributed by atoms with Crippen molar-refractivity contribution in [1.29, 1.82) is 0 Å². The molecule has 1 aromatic carbocycles. The Morgan fingerprint density at radius 1 is 1.08 bits per heavy atom. The maximum absolute atomic E-state index is 11.3. The number of aromatic carboxylic acids is 1. The highest BCUT2D eigenvalue weighted by Crippen LogP contribution is 2.12. The molecule has 2 heterocycles.